The van der Waals surface area contributed by atoms with Crippen molar-refractivity contribution >= 4 is 22.7 Å². The number of hydrogen-bond acceptors (Lipinski definition) is 5. The average molecular weight is 548 g/mol. The fourth-order valence-electron chi connectivity index (χ4n) is 5.05. The molecule has 3 rings (SSSR count). The summed E-state index contributed by atoms with van der Waals surface area (Å²) in [6, 6.07) is 13.3. The molecule has 0 N–H and O–H groups in total. The van der Waals surface area contributed by atoms with Crippen LogP contribution in [-0.4, -0.2) is 42.4 Å². The van der Waals surface area contributed by atoms with Gasteiger partial charge in [0.05, 0.1) is 17.2 Å². The number of unbranched alkanes of at least 4 members (excludes halogenated alkanes) is 4. The molecule has 0 aliphatic rings. The van der Waals surface area contributed by atoms with Gasteiger partial charge in [-0.1, -0.05) is 64.3 Å². The molecule has 0 atom stereocenters. The number of fused-ring (bicyclic) bond motifs is 1. The van der Waals surface area contributed by atoms with Gasteiger partial charge >= 0.3 is 5.97 Å². The first-order chi connectivity index (χ1) is 19.4. The maximum atomic E-state index is 13.8. The Bertz CT molecular complexity index is 1200. The Morgan fingerprint density at radius 1 is 0.775 bits per heavy atom. The zero-order chi connectivity index (χ0) is 28.9. The molecule has 0 aliphatic carbocycles. The highest BCUT2D eigenvalue weighted by Crippen LogP contribution is 2.31. The van der Waals surface area contributed by atoms with E-state index in [1.807, 2.05) is 26.0 Å². The normalized spacial score (nSPS) is 11.6. The summed E-state index contributed by atoms with van der Waals surface area (Å²) >= 11 is 0. The van der Waals surface area contributed by atoms with Gasteiger partial charge in [-0.25, -0.2) is 4.79 Å². The minimum atomic E-state index is -0.394. The van der Waals surface area contributed by atoms with Crippen LogP contribution in [0.4, 0.5) is 0 Å². The molecule has 0 saturated carbocycles. The second-order valence-electron chi connectivity index (χ2n) is 11.2. The molecule has 1 heterocycles. The summed E-state index contributed by atoms with van der Waals surface area (Å²) in [6.07, 6.45) is 10.8. The summed E-state index contributed by atoms with van der Waals surface area (Å²) in [5, 5.41) is 0.675. The van der Waals surface area contributed by atoms with E-state index in [0.29, 0.717) is 39.8 Å². The molecule has 0 unspecified atom stereocenters. The molecule has 5 heteroatoms. The smallest absolute Gasteiger partial charge is 0.338 e. The molecule has 0 fully saturated rings. The lowest BCUT2D eigenvalue weighted by molar-refractivity contribution is 0.0378. The minimum absolute atomic E-state index is 0.0618. The largest absolute Gasteiger partial charge is 0.460 e. The number of furan rings is 1. The van der Waals surface area contributed by atoms with Crippen LogP contribution in [0.5, 0.6) is 0 Å². The van der Waals surface area contributed by atoms with E-state index in [1.54, 1.807) is 18.2 Å². The van der Waals surface area contributed by atoms with Gasteiger partial charge in [0.25, 0.3) is 0 Å². The summed E-state index contributed by atoms with van der Waals surface area (Å²) in [4.78, 5) is 29.0. The number of hydrogen-bond donors (Lipinski definition) is 0. The van der Waals surface area contributed by atoms with Gasteiger partial charge in [-0.3, -0.25) is 4.79 Å². The zero-order valence-corrected chi connectivity index (χ0v) is 25.4. The van der Waals surface area contributed by atoms with Crippen molar-refractivity contribution in [2.45, 2.75) is 105 Å². The van der Waals surface area contributed by atoms with Crippen LogP contribution in [0, 0.1) is 0 Å². The summed E-state index contributed by atoms with van der Waals surface area (Å²) < 4.78 is 11.5. The number of carbonyl (C=O) groups is 2. The van der Waals surface area contributed by atoms with Crippen molar-refractivity contribution in [1.29, 1.82) is 0 Å². The Labute approximate surface area is 241 Å². The van der Waals surface area contributed by atoms with E-state index in [2.05, 4.69) is 37.8 Å². The lowest BCUT2D eigenvalue weighted by atomic mass is 9.96. The van der Waals surface area contributed by atoms with Crippen molar-refractivity contribution in [2.75, 3.05) is 19.6 Å². The Hall–Kier alpha value is -2.92. The second-order valence-corrected chi connectivity index (χ2v) is 11.2. The summed E-state index contributed by atoms with van der Waals surface area (Å²) in [5.74, 6) is 0.235. The third-order valence-electron chi connectivity index (χ3n) is 7.39. The van der Waals surface area contributed by atoms with Gasteiger partial charge in [0.15, 0.2) is 5.78 Å². The van der Waals surface area contributed by atoms with Crippen LogP contribution in [0.2, 0.25) is 0 Å². The lowest BCUT2D eigenvalue weighted by Gasteiger charge is -2.21. The Kier molecular flexibility index (Phi) is 12.9. The Balaban J connectivity index is 1.72. The van der Waals surface area contributed by atoms with Crippen LogP contribution < -0.4 is 0 Å². The quantitative estimate of drug-likeness (QED) is 0.0905. The van der Waals surface area contributed by atoms with Gasteiger partial charge in [-0.15, -0.1) is 0 Å². The fourth-order valence-corrected chi connectivity index (χ4v) is 5.05. The SMILES string of the molecule is CCCCc1oc2ccc(C(=O)OC(C)C)cc2c1C(=O)c1ccc(CCCCN(CCCC)CCCC)cc1. The number of rotatable bonds is 18. The number of benzene rings is 2. The Morgan fingerprint density at radius 2 is 1.40 bits per heavy atom. The Morgan fingerprint density at radius 3 is 2.02 bits per heavy atom. The number of nitrogens with zero attached hydrogens (tertiary/aromatic N) is 1. The number of ether oxygens (including phenoxy) is 1. The molecule has 0 aliphatic heterocycles. The predicted molar refractivity (Wildman–Crippen MR) is 164 cm³/mol. The van der Waals surface area contributed by atoms with Crippen molar-refractivity contribution in [3.05, 3.63) is 70.5 Å². The topological polar surface area (TPSA) is 59.8 Å². The highest BCUT2D eigenvalue weighted by Gasteiger charge is 2.23. The number of carbonyl (C=O) groups excluding carboxylic acids is 2. The second kappa shape index (κ2) is 16.4. The van der Waals surface area contributed by atoms with Crippen molar-refractivity contribution in [1.82, 2.24) is 4.90 Å². The predicted octanol–water partition coefficient (Wildman–Crippen LogP) is 8.80. The molecule has 3 aromatic rings. The van der Waals surface area contributed by atoms with Gasteiger partial charge in [-0.05, 0) is 95.8 Å². The average Bonchev–Trinajstić information content (AvgIpc) is 3.32. The van der Waals surface area contributed by atoms with E-state index >= 15 is 0 Å². The van der Waals surface area contributed by atoms with E-state index in [9.17, 15) is 9.59 Å². The van der Waals surface area contributed by atoms with E-state index in [1.165, 1.54) is 50.8 Å². The maximum Gasteiger partial charge on any atom is 0.338 e. The molecule has 0 bridgehead atoms. The number of esters is 1. The monoisotopic (exact) mass is 547 g/mol. The first-order valence-corrected chi connectivity index (χ1v) is 15.5. The summed E-state index contributed by atoms with van der Waals surface area (Å²) in [5.41, 5.74) is 3.52. The molecule has 5 nitrogen and oxygen atoms in total. The van der Waals surface area contributed by atoms with Crippen molar-refractivity contribution in [3.8, 4) is 0 Å². The molecule has 1 aromatic heterocycles. The molecule has 40 heavy (non-hydrogen) atoms. The molecule has 218 valence electrons. The maximum absolute atomic E-state index is 13.8. The molecular weight excluding hydrogens is 498 g/mol. The highest BCUT2D eigenvalue weighted by atomic mass is 16.5. The van der Waals surface area contributed by atoms with Crippen LogP contribution in [0.25, 0.3) is 11.0 Å². The van der Waals surface area contributed by atoms with Crippen molar-refractivity contribution < 1.29 is 18.7 Å². The van der Waals surface area contributed by atoms with Crippen molar-refractivity contribution in [3.63, 3.8) is 0 Å². The van der Waals surface area contributed by atoms with Crippen LogP contribution in [0.15, 0.2) is 46.9 Å². The first-order valence-electron chi connectivity index (χ1n) is 15.5. The van der Waals surface area contributed by atoms with E-state index in [0.717, 1.165) is 32.2 Å². The minimum Gasteiger partial charge on any atom is -0.460 e. The van der Waals surface area contributed by atoms with Gasteiger partial charge in [0.2, 0.25) is 0 Å². The van der Waals surface area contributed by atoms with Crippen LogP contribution in [0.1, 0.15) is 124 Å². The number of aryl methyl sites for hydroxylation is 2. The molecule has 0 amide bonds. The first kappa shape index (κ1) is 31.6. The van der Waals surface area contributed by atoms with E-state index < -0.39 is 5.97 Å². The highest BCUT2D eigenvalue weighted by molar-refractivity contribution is 6.17. The zero-order valence-electron chi connectivity index (χ0n) is 25.4. The third-order valence-corrected chi connectivity index (χ3v) is 7.39. The van der Waals surface area contributed by atoms with Gasteiger partial charge in [0, 0.05) is 17.4 Å². The van der Waals surface area contributed by atoms with Gasteiger partial charge < -0.3 is 14.1 Å². The molecule has 2 aromatic carbocycles. The molecule has 0 spiro atoms. The van der Waals surface area contributed by atoms with Crippen LogP contribution in [0.3, 0.4) is 0 Å². The van der Waals surface area contributed by atoms with Gasteiger partial charge in [0.1, 0.15) is 11.3 Å². The molecule has 0 radical (unpaired) electrons. The van der Waals surface area contributed by atoms with Crippen LogP contribution in [-0.2, 0) is 17.6 Å². The fraction of sp³-hybridized carbons (Fsp3) is 0.543. The third kappa shape index (κ3) is 9.05. The lowest BCUT2D eigenvalue weighted by Crippen LogP contribution is -2.27. The van der Waals surface area contributed by atoms with Gasteiger partial charge in [-0.2, -0.15) is 0 Å². The van der Waals surface area contributed by atoms with Crippen LogP contribution >= 0.6 is 0 Å². The number of ketones is 1. The molecule has 0 saturated heterocycles. The van der Waals surface area contributed by atoms with E-state index in [-0.39, 0.29) is 11.9 Å². The van der Waals surface area contributed by atoms with Crippen molar-refractivity contribution in [2.24, 2.45) is 0 Å². The molecular formula is C35H49NO4. The van der Waals surface area contributed by atoms with E-state index in [4.69, 9.17) is 9.15 Å². The summed E-state index contributed by atoms with van der Waals surface area (Å²) in [7, 11) is 0. The summed E-state index contributed by atoms with van der Waals surface area (Å²) in [6.45, 7) is 13.9. The standard InChI is InChI=1S/C35H49NO4/c1-6-9-15-32-33(30-25-29(20-21-31(30)40-32)35(38)39-26(4)5)34(37)28-18-16-27(17-19-28)14-12-13-24-36(22-10-7-2)23-11-8-3/h16-21,25-26H,6-15,22-24H2,1-5H3.